The molecule has 0 atom stereocenters. The van der Waals surface area contributed by atoms with Crippen molar-refractivity contribution < 1.29 is 0 Å². The molecule has 1 aliphatic heterocycles. The predicted molar refractivity (Wildman–Crippen MR) is 52.3 cm³/mol. The third-order valence-corrected chi connectivity index (χ3v) is 4.60. The average molecular weight is 172 g/mol. The topological polar surface area (TPSA) is 6.48 Å². The molecule has 1 heterocycles. The highest BCUT2D eigenvalue weighted by Gasteiger charge is 2.17. The number of unbranched alkanes of at least 4 members (excludes halogenated alkanes) is 1. The zero-order valence-electron chi connectivity index (χ0n) is 7.84. The minimum Gasteiger partial charge on any atom is -0.316 e. The average Bonchev–Trinajstić information content (AvgIpc) is 2.48. The Bertz CT molecular complexity index is 108. The summed E-state index contributed by atoms with van der Waals surface area (Å²) in [5.41, 5.74) is 0. The second kappa shape index (κ2) is 4.90. The summed E-state index contributed by atoms with van der Waals surface area (Å²) >= 11 is 0. The number of hydrogen-bond donors (Lipinski definition) is 0. The van der Waals surface area contributed by atoms with E-state index >= 15 is 0 Å². The normalized spacial score (nSPS) is 23.5. The minimum absolute atomic E-state index is 0.0175. The quantitative estimate of drug-likeness (QED) is 0.567. The van der Waals surface area contributed by atoms with Crippen molar-refractivity contribution in [3.8, 4) is 0 Å². The van der Waals surface area contributed by atoms with Crippen LogP contribution in [0.3, 0.4) is 0 Å². The molecule has 2 nitrogen and oxygen atoms in total. The van der Waals surface area contributed by atoms with E-state index in [4.69, 9.17) is 0 Å². The monoisotopic (exact) mass is 172 g/mol. The second-order valence-corrected chi connectivity index (χ2v) is 5.40. The Morgan fingerprint density at radius 1 is 1.18 bits per heavy atom. The maximum absolute atomic E-state index is 2.69. The zero-order valence-corrected chi connectivity index (χ0v) is 9.26. The standard InChI is InChI=1S/C8H20N2Si/c1-3-5-6-10-8-7-9(4-2)11-10/h3-8,11H2,1-2H3. The van der Waals surface area contributed by atoms with Crippen molar-refractivity contribution in [3.63, 3.8) is 0 Å². The van der Waals surface area contributed by atoms with Crippen LogP contribution < -0.4 is 0 Å². The molecular weight excluding hydrogens is 152 g/mol. The zero-order chi connectivity index (χ0) is 8.10. The molecule has 0 amide bonds. The van der Waals surface area contributed by atoms with Crippen LogP contribution in [0.15, 0.2) is 0 Å². The molecule has 1 fully saturated rings. The minimum atomic E-state index is 0.0175. The van der Waals surface area contributed by atoms with Crippen LogP contribution in [0, 0.1) is 0 Å². The highest BCUT2D eigenvalue weighted by molar-refractivity contribution is 6.29. The van der Waals surface area contributed by atoms with Crippen molar-refractivity contribution in [2.45, 2.75) is 26.7 Å². The van der Waals surface area contributed by atoms with Gasteiger partial charge < -0.3 is 9.13 Å². The Morgan fingerprint density at radius 3 is 2.45 bits per heavy atom. The van der Waals surface area contributed by atoms with Gasteiger partial charge >= 0.3 is 0 Å². The van der Waals surface area contributed by atoms with Gasteiger partial charge in [-0.25, -0.2) is 0 Å². The molecule has 0 aliphatic carbocycles. The highest BCUT2D eigenvalue weighted by atomic mass is 28.2. The summed E-state index contributed by atoms with van der Waals surface area (Å²) in [5.74, 6) is 0. The maximum Gasteiger partial charge on any atom is 0.173 e. The molecule has 1 aliphatic rings. The number of rotatable bonds is 4. The van der Waals surface area contributed by atoms with Gasteiger partial charge in [-0.2, -0.15) is 0 Å². The lowest BCUT2D eigenvalue weighted by Crippen LogP contribution is -2.30. The predicted octanol–water partition coefficient (Wildman–Crippen LogP) is 0.423. The summed E-state index contributed by atoms with van der Waals surface area (Å²) in [5, 5.41) is 0. The fourth-order valence-corrected chi connectivity index (χ4v) is 3.23. The van der Waals surface area contributed by atoms with E-state index in [1.165, 1.54) is 39.0 Å². The van der Waals surface area contributed by atoms with Crippen LogP contribution in [0.4, 0.5) is 0 Å². The molecule has 1 rings (SSSR count). The molecule has 0 aromatic heterocycles. The highest BCUT2D eigenvalue weighted by Crippen LogP contribution is 2.02. The van der Waals surface area contributed by atoms with Gasteiger partial charge in [-0.15, -0.1) is 0 Å². The lowest BCUT2D eigenvalue weighted by molar-refractivity contribution is 0.459. The van der Waals surface area contributed by atoms with E-state index in [0.29, 0.717) is 0 Å². The maximum atomic E-state index is 2.69. The molecular formula is C8H20N2Si. The fourth-order valence-electron chi connectivity index (χ4n) is 1.53. The largest absolute Gasteiger partial charge is 0.316 e. The Balaban J connectivity index is 2.09. The first-order valence-corrected chi connectivity index (χ1v) is 6.08. The first-order valence-electron chi connectivity index (χ1n) is 4.81. The van der Waals surface area contributed by atoms with Crippen LogP contribution in [0.5, 0.6) is 0 Å². The van der Waals surface area contributed by atoms with Gasteiger partial charge in [0.2, 0.25) is 0 Å². The van der Waals surface area contributed by atoms with Crippen molar-refractivity contribution in [2.75, 3.05) is 26.2 Å². The summed E-state index contributed by atoms with van der Waals surface area (Å²) in [4.78, 5) is 0. The van der Waals surface area contributed by atoms with E-state index in [1.54, 1.807) is 0 Å². The van der Waals surface area contributed by atoms with E-state index < -0.39 is 0 Å². The molecule has 0 bridgehead atoms. The molecule has 0 unspecified atom stereocenters. The molecule has 66 valence electrons. The van der Waals surface area contributed by atoms with E-state index in [1.807, 2.05) is 0 Å². The molecule has 3 heteroatoms. The summed E-state index contributed by atoms with van der Waals surface area (Å²) in [7, 11) is 0.0175. The van der Waals surface area contributed by atoms with Gasteiger partial charge in [0.05, 0.1) is 0 Å². The van der Waals surface area contributed by atoms with E-state index in [-0.39, 0.29) is 9.84 Å². The summed E-state index contributed by atoms with van der Waals surface area (Å²) < 4.78 is 5.32. The molecule has 11 heavy (non-hydrogen) atoms. The number of likely N-dealkylation sites (N-methyl/N-ethyl adjacent to an activating group) is 1. The molecule has 0 spiro atoms. The molecule has 0 aromatic rings. The SMILES string of the molecule is CCCCN1CCN(CC)[SiH2]1. The van der Waals surface area contributed by atoms with E-state index in [9.17, 15) is 0 Å². The summed E-state index contributed by atoms with van der Waals surface area (Å²) in [6, 6.07) is 0. The Kier molecular flexibility index (Phi) is 4.11. The van der Waals surface area contributed by atoms with Crippen molar-refractivity contribution in [2.24, 2.45) is 0 Å². The van der Waals surface area contributed by atoms with Crippen molar-refractivity contribution >= 4 is 9.84 Å². The van der Waals surface area contributed by atoms with Gasteiger partial charge in [-0.3, -0.25) is 0 Å². The second-order valence-electron chi connectivity index (χ2n) is 3.32. The van der Waals surface area contributed by atoms with Crippen molar-refractivity contribution in [3.05, 3.63) is 0 Å². The van der Waals surface area contributed by atoms with Gasteiger partial charge in [0, 0.05) is 13.1 Å². The Hall–Kier alpha value is 0.137. The molecule has 0 N–H and O–H groups in total. The molecule has 0 saturated carbocycles. The van der Waals surface area contributed by atoms with Crippen LogP contribution in [0.2, 0.25) is 0 Å². The summed E-state index contributed by atoms with van der Waals surface area (Å²) in [6.45, 7) is 9.87. The van der Waals surface area contributed by atoms with Crippen molar-refractivity contribution in [1.29, 1.82) is 0 Å². The number of hydrogen-bond acceptors (Lipinski definition) is 2. The first-order chi connectivity index (χ1) is 5.36. The van der Waals surface area contributed by atoms with E-state index in [0.717, 1.165) is 0 Å². The smallest absolute Gasteiger partial charge is 0.173 e. The van der Waals surface area contributed by atoms with Crippen LogP contribution in [0.1, 0.15) is 26.7 Å². The van der Waals surface area contributed by atoms with Crippen LogP contribution in [-0.4, -0.2) is 45.2 Å². The van der Waals surface area contributed by atoms with Crippen LogP contribution in [-0.2, 0) is 0 Å². The molecule has 1 saturated heterocycles. The Morgan fingerprint density at radius 2 is 1.91 bits per heavy atom. The van der Waals surface area contributed by atoms with Gasteiger partial charge in [0.15, 0.2) is 9.84 Å². The van der Waals surface area contributed by atoms with E-state index in [2.05, 4.69) is 23.0 Å². The molecule has 0 aromatic carbocycles. The lowest BCUT2D eigenvalue weighted by atomic mass is 10.3. The van der Waals surface area contributed by atoms with Gasteiger partial charge in [-0.1, -0.05) is 20.3 Å². The third kappa shape index (κ3) is 2.93. The van der Waals surface area contributed by atoms with Gasteiger partial charge in [0.1, 0.15) is 0 Å². The van der Waals surface area contributed by atoms with Gasteiger partial charge in [-0.05, 0) is 19.5 Å². The first kappa shape index (κ1) is 9.23. The van der Waals surface area contributed by atoms with Crippen LogP contribution >= 0.6 is 0 Å². The van der Waals surface area contributed by atoms with Crippen LogP contribution in [0.25, 0.3) is 0 Å². The Labute approximate surface area is 72.5 Å². The third-order valence-electron chi connectivity index (χ3n) is 2.41. The summed E-state index contributed by atoms with van der Waals surface area (Å²) in [6.07, 6.45) is 2.74. The number of nitrogens with zero attached hydrogens (tertiary/aromatic N) is 2. The van der Waals surface area contributed by atoms with Gasteiger partial charge in [0.25, 0.3) is 0 Å². The lowest BCUT2D eigenvalue weighted by Gasteiger charge is -2.14. The fraction of sp³-hybridized carbons (Fsp3) is 1.00. The molecule has 0 radical (unpaired) electrons. The van der Waals surface area contributed by atoms with Crippen molar-refractivity contribution in [1.82, 2.24) is 9.13 Å².